The van der Waals surface area contributed by atoms with E-state index in [1.54, 1.807) is 0 Å². The van der Waals surface area contributed by atoms with E-state index in [4.69, 9.17) is 0 Å². The molecule has 0 N–H and O–H groups in total. The molecular formula is C4H5NaO2. The van der Waals surface area contributed by atoms with Gasteiger partial charge in [0.05, 0.1) is 0 Å². The maximum absolute atomic E-state index is 9.76. The summed E-state index contributed by atoms with van der Waals surface area (Å²) in [5.41, 5.74) is 0. The van der Waals surface area contributed by atoms with E-state index in [-0.39, 0.29) is 35.3 Å². The van der Waals surface area contributed by atoms with Crippen molar-refractivity contribution in [3.8, 4) is 0 Å². The van der Waals surface area contributed by atoms with Crippen molar-refractivity contribution >= 4 is 5.78 Å². The molecule has 0 radical (unpaired) electrons. The van der Waals surface area contributed by atoms with Gasteiger partial charge in [0, 0.05) is 0 Å². The van der Waals surface area contributed by atoms with E-state index in [9.17, 15) is 9.90 Å². The summed E-state index contributed by atoms with van der Waals surface area (Å²) < 4.78 is 0. The maximum atomic E-state index is 9.76. The number of hydrogen-bond donors (Lipinski definition) is 0. The third kappa shape index (κ3) is 10.7. The van der Waals surface area contributed by atoms with Gasteiger partial charge < -0.3 is 5.11 Å². The van der Waals surface area contributed by atoms with Gasteiger partial charge in [-0.25, -0.2) is 0 Å². The van der Waals surface area contributed by atoms with E-state index in [0.29, 0.717) is 6.26 Å². The van der Waals surface area contributed by atoms with Crippen LogP contribution in [0.4, 0.5) is 0 Å². The first-order valence-electron chi connectivity index (χ1n) is 1.56. The van der Waals surface area contributed by atoms with Gasteiger partial charge in [0.15, 0.2) is 5.78 Å². The second kappa shape index (κ2) is 6.21. The molecule has 0 spiro atoms. The van der Waals surface area contributed by atoms with E-state index in [1.807, 2.05) is 0 Å². The zero-order valence-electron chi connectivity index (χ0n) is 4.47. The van der Waals surface area contributed by atoms with Gasteiger partial charge in [0.2, 0.25) is 0 Å². The second-order valence-electron chi connectivity index (χ2n) is 0.913. The molecule has 0 unspecified atom stereocenters. The fraction of sp³-hybridized carbons (Fsp3) is 0.250. The third-order valence-corrected chi connectivity index (χ3v) is 0.303. The van der Waals surface area contributed by atoms with Crippen molar-refractivity contribution in [1.82, 2.24) is 0 Å². The molecule has 2 nitrogen and oxygen atoms in total. The van der Waals surface area contributed by atoms with Crippen LogP contribution < -0.4 is 34.7 Å². The first kappa shape index (κ1) is 10.2. The van der Waals surface area contributed by atoms with Gasteiger partial charge in [-0.05, 0) is 13.0 Å². The summed E-state index contributed by atoms with van der Waals surface area (Å²) in [6, 6.07) is 0. The van der Waals surface area contributed by atoms with Crippen LogP contribution in [0, 0.1) is 0 Å². The topological polar surface area (TPSA) is 40.1 Å². The molecule has 0 aliphatic heterocycles. The van der Waals surface area contributed by atoms with Crippen LogP contribution in [0.1, 0.15) is 6.92 Å². The Bertz CT molecular complexity index is 77.8. The van der Waals surface area contributed by atoms with E-state index in [0.717, 1.165) is 6.08 Å². The van der Waals surface area contributed by atoms with Gasteiger partial charge in [-0.3, -0.25) is 4.79 Å². The molecular weight excluding hydrogens is 103 g/mol. The summed E-state index contributed by atoms with van der Waals surface area (Å²) in [5.74, 6) is -0.204. The normalized spacial score (nSPS) is 8.14. The molecule has 0 aliphatic carbocycles. The predicted octanol–water partition coefficient (Wildman–Crippen LogP) is -3.55. The number of hydrogen-bond acceptors (Lipinski definition) is 2. The van der Waals surface area contributed by atoms with Crippen molar-refractivity contribution in [2.75, 3.05) is 0 Å². The zero-order valence-corrected chi connectivity index (χ0v) is 6.47. The van der Waals surface area contributed by atoms with Crippen LogP contribution in [0.25, 0.3) is 0 Å². The number of allylic oxidation sites excluding steroid dienone is 1. The fourth-order valence-electron chi connectivity index (χ4n) is 0.0958. The molecule has 0 rings (SSSR count). The summed E-state index contributed by atoms with van der Waals surface area (Å²) in [6.07, 6.45) is 1.45. The number of carbonyl (C=O) groups is 1. The Morgan fingerprint density at radius 2 is 2.14 bits per heavy atom. The molecule has 0 saturated heterocycles. The van der Waals surface area contributed by atoms with Crippen molar-refractivity contribution in [1.29, 1.82) is 0 Å². The Hall–Kier alpha value is 0.210. The SMILES string of the molecule is CC(=O)C=C[O-].[Na+]. The van der Waals surface area contributed by atoms with Gasteiger partial charge in [-0.2, -0.15) is 0 Å². The van der Waals surface area contributed by atoms with Crippen molar-refractivity contribution in [2.24, 2.45) is 0 Å². The van der Waals surface area contributed by atoms with Crippen LogP contribution >= 0.6 is 0 Å². The van der Waals surface area contributed by atoms with Crippen molar-refractivity contribution in [2.45, 2.75) is 6.92 Å². The van der Waals surface area contributed by atoms with Crippen molar-refractivity contribution in [3.05, 3.63) is 12.3 Å². The Morgan fingerprint density at radius 1 is 1.71 bits per heavy atom. The second-order valence-corrected chi connectivity index (χ2v) is 0.913. The minimum Gasteiger partial charge on any atom is -0.878 e. The zero-order chi connectivity index (χ0) is 4.99. The minimum absolute atomic E-state index is 0. The van der Waals surface area contributed by atoms with Crippen LogP contribution in [-0.2, 0) is 4.79 Å². The quantitative estimate of drug-likeness (QED) is 0.198. The van der Waals surface area contributed by atoms with Gasteiger partial charge in [0.25, 0.3) is 0 Å². The molecule has 0 aromatic rings. The number of rotatable bonds is 1. The van der Waals surface area contributed by atoms with Crippen LogP contribution in [0.5, 0.6) is 0 Å². The number of carbonyl (C=O) groups excluding carboxylic acids is 1. The molecule has 0 aromatic carbocycles. The van der Waals surface area contributed by atoms with E-state index < -0.39 is 0 Å². The van der Waals surface area contributed by atoms with Crippen LogP contribution in [-0.4, -0.2) is 5.78 Å². The molecule has 34 valence electrons. The van der Waals surface area contributed by atoms with Crippen LogP contribution in [0.15, 0.2) is 12.3 Å². The van der Waals surface area contributed by atoms with E-state index in [1.165, 1.54) is 6.92 Å². The molecule has 0 fully saturated rings. The number of ketones is 1. The Morgan fingerprint density at radius 3 is 2.14 bits per heavy atom. The molecule has 0 aliphatic rings. The standard InChI is InChI=1S/C4H6O2.Na/c1-4(6)2-3-5;/h2-3,5H,1H3;/q;+1/p-1. The Labute approximate surface area is 64.5 Å². The molecule has 7 heavy (non-hydrogen) atoms. The predicted molar refractivity (Wildman–Crippen MR) is 19.8 cm³/mol. The molecule has 0 amide bonds. The molecule has 3 heteroatoms. The molecule has 0 heterocycles. The molecule has 0 atom stereocenters. The Kier molecular flexibility index (Phi) is 9.09. The fourth-order valence-corrected chi connectivity index (χ4v) is 0.0958. The van der Waals surface area contributed by atoms with E-state index in [2.05, 4.69) is 0 Å². The molecule has 0 saturated carbocycles. The monoisotopic (exact) mass is 108 g/mol. The van der Waals surface area contributed by atoms with Crippen LogP contribution in [0.3, 0.4) is 0 Å². The largest absolute Gasteiger partial charge is 1.00 e. The summed E-state index contributed by atoms with van der Waals surface area (Å²) in [6.45, 7) is 1.33. The summed E-state index contributed by atoms with van der Waals surface area (Å²) in [5, 5.41) is 9.34. The first-order valence-corrected chi connectivity index (χ1v) is 1.56. The third-order valence-electron chi connectivity index (χ3n) is 0.303. The van der Waals surface area contributed by atoms with Crippen molar-refractivity contribution in [3.63, 3.8) is 0 Å². The molecule has 0 bridgehead atoms. The molecule has 0 aromatic heterocycles. The summed E-state index contributed by atoms with van der Waals surface area (Å²) >= 11 is 0. The average molecular weight is 108 g/mol. The van der Waals surface area contributed by atoms with Gasteiger partial charge in [-0.15, -0.1) is 6.26 Å². The first-order chi connectivity index (χ1) is 2.77. The minimum atomic E-state index is -0.204. The van der Waals surface area contributed by atoms with Gasteiger partial charge >= 0.3 is 29.6 Å². The summed E-state index contributed by atoms with van der Waals surface area (Å²) in [4.78, 5) is 9.76. The summed E-state index contributed by atoms with van der Waals surface area (Å²) in [7, 11) is 0. The van der Waals surface area contributed by atoms with Gasteiger partial charge in [0.1, 0.15) is 0 Å². The van der Waals surface area contributed by atoms with Gasteiger partial charge in [-0.1, -0.05) is 0 Å². The van der Waals surface area contributed by atoms with E-state index >= 15 is 0 Å². The maximum Gasteiger partial charge on any atom is 1.00 e. The van der Waals surface area contributed by atoms with Crippen molar-refractivity contribution < 1.29 is 39.5 Å². The smallest absolute Gasteiger partial charge is 0.878 e. The van der Waals surface area contributed by atoms with Crippen LogP contribution in [0.2, 0.25) is 0 Å². The Balaban J connectivity index is 0. The average Bonchev–Trinajstić information content (AvgIpc) is 1.35.